The molecule has 0 saturated heterocycles. The van der Waals surface area contributed by atoms with Gasteiger partial charge in [0, 0.05) is 4.88 Å². The van der Waals surface area contributed by atoms with Gasteiger partial charge in [-0.15, -0.1) is 11.3 Å². The minimum Gasteiger partial charge on any atom is -0.451 e. The number of hydrogen-bond donors (Lipinski definition) is 1. The highest BCUT2D eigenvalue weighted by Gasteiger charge is 2.30. The summed E-state index contributed by atoms with van der Waals surface area (Å²) in [5, 5.41) is 0. The van der Waals surface area contributed by atoms with Crippen LogP contribution in [0.4, 0.5) is 0 Å². The van der Waals surface area contributed by atoms with Crippen LogP contribution in [-0.2, 0) is 22.4 Å². The van der Waals surface area contributed by atoms with E-state index in [0.717, 1.165) is 19.3 Å². The summed E-state index contributed by atoms with van der Waals surface area (Å²) in [6.07, 6.45) is 3.19. The van der Waals surface area contributed by atoms with Crippen LogP contribution in [0.15, 0.2) is 6.07 Å². The van der Waals surface area contributed by atoms with Crippen LogP contribution in [-0.4, -0.2) is 18.5 Å². The van der Waals surface area contributed by atoms with Crippen LogP contribution in [0.2, 0.25) is 0 Å². The van der Waals surface area contributed by atoms with Crippen molar-refractivity contribution in [2.24, 2.45) is 17.1 Å². The Kier molecular flexibility index (Phi) is 4.18. The van der Waals surface area contributed by atoms with Gasteiger partial charge < -0.3 is 10.5 Å². The molecule has 1 amide bonds. The van der Waals surface area contributed by atoms with Crippen molar-refractivity contribution in [3.63, 3.8) is 0 Å². The molecule has 20 heavy (non-hydrogen) atoms. The van der Waals surface area contributed by atoms with Crippen LogP contribution >= 0.6 is 11.3 Å². The van der Waals surface area contributed by atoms with E-state index < -0.39 is 11.9 Å². The molecular weight excluding hydrogens is 274 g/mol. The zero-order chi connectivity index (χ0) is 14.9. The van der Waals surface area contributed by atoms with Gasteiger partial charge in [-0.1, -0.05) is 20.8 Å². The molecule has 4 nitrogen and oxygen atoms in total. The van der Waals surface area contributed by atoms with Crippen LogP contribution in [0.3, 0.4) is 0 Å². The largest absolute Gasteiger partial charge is 0.451 e. The van der Waals surface area contributed by atoms with Crippen LogP contribution < -0.4 is 5.73 Å². The summed E-state index contributed by atoms with van der Waals surface area (Å²) in [6, 6.07) is 1.92. The molecule has 0 unspecified atom stereocenters. The van der Waals surface area contributed by atoms with Crippen molar-refractivity contribution < 1.29 is 14.3 Å². The lowest BCUT2D eigenvalue weighted by Crippen LogP contribution is -2.26. The third kappa shape index (κ3) is 3.39. The van der Waals surface area contributed by atoms with Crippen molar-refractivity contribution in [1.82, 2.24) is 0 Å². The van der Waals surface area contributed by atoms with E-state index >= 15 is 0 Å². The Balaban J connectivity index is 2.09. The molecule has 1 aromatic heterocycles. The Labute approximate surface area is 123 Å². The van der Waals surface area contributed by atoms with Crippen molar-refractivity contribution in [1.29, 1.82) is 0 Å². The van der Waals surface area contributed by atoms with E-state index in [2.05, 4.69) is 20.8 Å². The van der Waals surface area contributed by atoms with E-state index in [1.165, 1.54) is 21.8 Å². The summed E-state index contributed by atoms with van der Waals surface area (Å²) in [5.74, 6) is -0.443. The van der Waals surface area contributed by atoms with Gasteiger partial charge in [0.05, 0.1) is 0 Å². The van der Waals surface area contributed by atoms with Gasteiger partial charge in [-0.3, -0.25) is 4.79 Å². The maximum Gasteiger partial charge on any atom is 0.348 e. The molecule has 2 rings (SSSR count). The fourth-order valence-electron chi connectivity index (χ4n) is 2.57. The predicted octanol–water partition coefficient (Wildman–Crippen LogP) is 2.54. The average molecular weight is 295 g/mol. The van der Waals surface area contributed by atoms with E-state index in [9.17, 15) is 9.59 Å². The number of carbonyl (C=O) groups is 2. The molecule has 1 aliphatic rings. The Hall–Kier alpha value is -1.36. The Morgan fingerprint density at radius 1 is 1.45 bits per heavy atom. The monoisotopic (exact) mass is 295 g/mol. The second-order valence-corrected chi connectivity index (χ2v) is 7.54. The molecule has 1 atom stereocenters. The highest BCUT2D eigenvalue weighted by Crippen LogP contribution is 2.40. The predicted molar refractivity (Wildman–Crippen MR) is 78.8 cm³/mol. The first-order chi connectivity index (χ1) is 9.27. The third-order valence-corrected chi connectivity index (χ3v) is 5.07. The van der Waals surface area contributed by atoms with Gasteiger partial charge in [0.25, 0.3) is 5.91 Å². The zero-order valence-corrected chi connectivity index (χ0v) is 13.0. The molecule has 0 radical (unpaired) electrons. The van der Waals surface area contributed by atoms with E-state index in [4.69, 9.17) is 10.5 Å². The van der Waals surface area contributed by atoms with Gasteiger partial charge in [-0.2, -0.15) is 0 Å². The second kappa shape index (κ2) is 5.56. The Morgan fingerprint density at radius 2 is 2.15 bits per heavy atom. The molecular formula is C15H21NO3S. The van der Waals surface area contributed by atoms with E-state index in [1.54, 1.807) is 0 Å². The van der Waals surface area contributed by atoms with Gasteiger partial charge in [-0.25, -0.2) is 4.79 Å². The van der Waals surface area contributed by atoms with Crippen LogP contribution in [0.5, 0.6) is 0 Å². The summed E-state index contributed by atoms with van der Waals surface area (Å²) >= 11 is 1.48. The van der Waals surface area contributed by atoms with Crippen molar-refractivity contribution >= 4 is 23.2 Å². The summed E-state index contributed by atoms with van der Waals surface area (Å²) in [5.41, 5.74) is 6.51. The summed E-state index contributed by atoms with van der Waals surface area (Å²) in [7, 11) is 0. The van der Waals surface area contributed by atoms with E-state index in [0.29, 0.717) is 10.8 Å². The molecule has 2 N–H and O–H groups in total. The molecule has 0 spiro atoms. The number of fused-ring (bicyclic) bond motifs is 1. The topological polar surface area (TPSA) is 69.4 Å². The summed E-state index contributed by atoms with van der Waals surface area (Å²) in [6.45, 7) is 6.43. The number of esters is 1. The number of ether oxygens (including phenoxy) is 1. The molecule has 1 aromatic rings. The first-order valence-electron chi connectivity index (χ1n) is 6.84. The highest BCUT2D eigenvalue weighted by atomic mass is 32.1. The first-order valence-corrected chi connectivity index (χ1v) is 7.66. The number of rotatable bonds is 3. The maximum atomic E-state index is 11.8. The van der Waals surface area contributed by atoms with Crippen molar-refractivity contribution in [3.05, 3.63) is 21.4 Å². The number of amides is 1. The molecule has 0 aromatic carbocycles. The minimum absolute atomic E-state index is 0.284. The van der Waals surface area contributed by atoms with Gasteiger partial charge in [0.15, 0.2) is 6.61 Å². The summed E-state index contributed by atoms with van der Waals surface area (Å²) < 4.78 is 4.86. The standard InChI is InChI=1S/C15H21NO3S/c1-15(2,3)10-4-5-11-9(6-10)7-12(20-11)14(18)19-8-13(16)17/h7,10H,4-6,8H2,1-3H3,(H2,16,17)/t10-/m0/s1. The number of hydrogen-bond acceptors (Lipinski definition) is 4. The molecule has 0 aliphatic heterocycles. The fourth-order valence-corrected chi connectivity index (χ4v) is 3.67. The van der Waals surface area contributed by atoms with Gasteiger partial charge in [-0.05, 0) is 42.2 Å². The Bertz CT molecular complexity index is 528. The number of primary amides is 1. The lowest BCUT2D eigenvalue weighted by atomic mass is 9.72. The van der Waals surface area contributed by atoms with Gasteiger partial charge >= 0.3 is 5.97 Å². The van der Waals surface area contributed by atoms with Crippen molar-refractivity contribution in [2.45, 2.75) is 40.0 Å². The van der Waals surface area contributed by atoms with Crippen LogP contribution in [0.1, 0.15) is 47.3 Å². The highest BCUT2D eigenvalue weighted by molar-refractivity contribution is 7.14. The van der Waals surface area contributed by atoms with Gasteiger partial charge in [0.2, 0.25) is 0 Å². The number of carbonyl (C=O) groups excluding carboxylic acids is 2. The van der Waals surface area contributed by atoms with Crippen LogP contribution in [0, 0.1) is 11.3 Å². The first kappa shape index (κ1) is 15.0. The fraction of sp³-hybridized carbons (Fsp3) is 0.600. The quantitative estimate of drug-likeness (QED) is 0.871. The number of thiophene rings is 1. The van der Waals surface area contributed by atoms with Crippen LogP contribution in [0.25, 0.3) is 0 Å². The summed E-state index contributed by atoms with van der Waals surface area (Å²) in [4.78, 5) is 24.3. The number of nitrogens with two attached hydrogens (primary N) is 1. The molecule has 1 aliphatic carbocycles. The molecule has 0 saturated carbocycles. The Morgan fingerprint density at radius 3 is 2.75 bits per heavy atom. The molecule has 1 heterocycles. The SMILES string of the molecule is CC(C)(C)[C@H]1CCc2sc(C(=O)OCC(N)=O)cc2C1. The molecule has 0 fully saturated rings. The lowest BCUT2D eigenvalue weighted by molar-refractivity contribution is -0.121. The van der Waals surface area contributed by atoms with E-state index in [-0.39, 0.29) is 12.0 Å². The smallest absolute Gasteiger partial charge is 0.348 e. The lowest BCUT2D eigenvalue weighted by Gasteiger charge is -2.33. The van der Waals surface area contributed by atoms with Gasteiger partial charge in [0.1, 0.15) is 4.88 Å². The number of aryl methyl sites for hydroxylation is 1. The van der Waals surface area contributed by atoms with Crippen molar-refractivity contribution in [3.8, 4) is 0 Å². The van der Waals surface area contributed by atoms with E-state index in [1.807, 2.05) is 6.07 Å². The van der Waals surface area contributed by atoms with Crippen molar-refractivity contribution in [2.75, 3.05) is 6.61 Å². The molecule has 5 heteroatoms. The normalized spacial score (nSPS) is 18.4. The third-order valence-electron chi connectivity index (χ3n) is 3.85. The molecule has 110 valence electrons. The second-order valence-electron chi connectivity index (χ2n) is 6.41. The zero-order valence-electron chi connectivity index (χ0n) is 12.2. The average Bonchev–Trinajstić information content (AvgIpc) is 2.77. The maximum absolute atomic E-state index is 11.8. The molecule has 0 bridgehead atoms. The minimum atomic E-state index is -0.632.